The van der Waals surface area contributed by atoms with Crippen LogP contribution in [-0.2, 0) is 16.1 Å². The standard InChI is InChI=1S/C14H21N3O3/c1-4-12-13(18)15-11(7-9(2)3)14(19)17(12)8-10-5-6-20-16-10/h5-6,9,11-12H,4,7-8H2,1-3H3,(H,15,18). The predicted molar refractivity (Wildman–Crippen MR) is 72.5 cm³/mol. The van der Waals surface area contributed by atoms with Gasteiger partial charge < -0.3 is 14.7 Å². The van der Waals surface area contributed by atoms with E-state index in [9.17, 15) is 9.59 Å². The molecule has 6 heteroatoms. The number of rotatable bonds is 5. The number of piperazine rings is 1. The molecule has 0 saturated carbocycles. The van der Waals surface area contributed by atoms with Gasteiger partial charge in [0.15, 0.2) is 0 Å². The van der Waals surface area contributed by atoms with Crippen molar-refractivity contribution in [3.8, 4) is 0 Å². The third-order valence-corrected chi connectivity index (χ3v) is 3.49. The van der Waals surface area contributed by atoms with Crippen LogP contribution in [0.1, 0.15) is 39.3 Å². The van der Waals surface area contributed by atoms with Gasteiger partial charge in [-0.1, -0.05) is 25.9 Å². The van der Waals surface area contributed by atoms with Crippen LogP contribution < -0.4 is 5.32 Å². The molecule has 1 N–H and O–H groups in total. The highest BCUT2D eigenvalue weighted by atomic mass is 16.5. The van der Waals surface area contributed by atoms with Gasteiger partial charge in [0.1, 0.15) is 24.0 Å². The van der Waals surface area contributed by atoms with Crippen LogP contribution in [0.15, 0.2) is 16.9 Å². The van der Waals surface area contributed by atoms with Crippen molar-refractivity contribution >= 4 is 11.8 Å². The van der Waals surface area contributed by atoms with E-state index >= 15 is 0 Å². The highest BCUT2D eigenvalue weighted by Gasteiger charge is 2.39. The van der Waals surface area contributed by atoms with Crippen LogP contribution in [0.2, 0.25) is 0 Å². The van der Waals surface area contributed by atoms with E-state index in [2.05, 4.69) is 10.5 Å². The first-order valence-electron chi connectivity index (χ1n) is 7.03. The molecule has 0 spiro atoms. The SMILES string of the molecule is CCC1C(=O)NC(CC(C)C)C(=O)N1Cc1ccon1. The fourth-order valence-corrected chi connectivity index (χ4v) is 2.54. The Morgan fingerprint density at radius 2 is 2.20 bits per heavy atom. The second-order valence-electron chi connectivity index (χ2n) is 5.57. The number of hydrogen-bond donors (Lipinski definition) is 1. The van der Waals surface area contributed by atoms with Crippen LogP contribution in [-0.4, -0.2) is 34.0 Å². The summed E-state index contributed by atoms with van der Waals surface area (Å²) in [6.07, 6.45) is 2.70. The largest absolute Gasteiger partial charge is 0.364 e. The van der Waals surface area contributed by atoms with Gasteiger partial charge >= 0.3 is 0 Å². The summed E-state index contributed by atoms with van der Waals surface area (Å²) in [5.74, 6) is 0.228. The number of carbonyl (C=O) groups excluding carboxylic acids is 2. The third kappa shape index (κ3) is 3.00. The predicted octanol–water partition coefficient (Wildman–Crippen LogP) is 1.33. The first-order chi connectivity index (χ1) is 9.52. The van der Waals surface area contributed by atoms with Crippen LogP contribution in [0.4, 0.5) is 0 Å². The first-order valence-corrected chi connectivity index (χ1v) is 7.03. The zero-order valence-corrected chi connectivity index (χ0v) is 12.1. The van der Waals surface area contributed by atoms with Gasteiger partial charge in [0, 0.05) is 6.07 Å². The minimum atomic E-state index is -0.433. The van der Waals surface area contributed by atoms with Crippen LogP contribution in [0.3, 0.4) is 0 Å². The number of nitrogens with one attached hydrogen (secondary N) is 1. The summed E-state index contributed by atoms with van der Waals surface area (Å²) in [7, 11) is 0. The molecule has 0 aromatic carbocycles. The number of aromatic nitrogens is 1. The molecule has 0 bridgehead atoms. The summed E-state index contributed by atoms with van der Waals surface area (Å²) in [6.45, 7) is 6.28. The van der Waals surface area contributed by atoms with Crippen molar-refractivity contribution in [2.24, 2.45) is 5.92 Å². The lowest BCUT2D eigenvalue weighted by molar-refractivity contribution is -0.150. The number of carbonyl (C=O) groups is 2. The molecule has 0 radical (unpaired) electrons. The Labute approximate surface area is 118 Å². The number of amides is 2. The minimum Gasteiger partial charge on any atom is -0.364 e. The Balaban J connectivity index is 2.18. The Morgan fingerprint density at radius 3 is 2.75 bits per heavy atom. The molecule has 20 heavy (non-hydrogen) atoms. The van der Waals surface area contributed by atoms with Crippen molar-refractivity contribution in [1.29, 1.82) is 0 Å². The molecule has 0 aliphatic carbocycles. The van der Waals surface area contributed by atoms with Gasteiger partial charge in [0.2, 0.25) is 11.8 Å². The normalized spacial score (nSPS) is 23.3. The van der Waals surface area contributed by atoms with Crippen molar-refractivity contribution in [3.05, 3.63) is 18.0 Å². The van der Waals surface area contributed by atoms with E-state index in [0.29, 0.717) is 31.0 Å². The highest BCUT2D eigenvalue weighted by molar-refractivity contribution is 5.96. The molecule has 1 aromatic heterocycles. The molecule has 2 unspecified atom stereocenters. The van der Waals surface area contributed by atoms with E-state index in [4.69, 9.17) is 4.52 Å². The van der Waals surface area contributed by atoms with E-state index in [1.807, 2.05) is 20.8 Å². The quantitative estimate of drug-likeness (QED) is 0.882. The van der Waals surface area contributed by atoms with Gasteiger partial charge in [-0.15, -0.1) is 0 Å². The van der Waals surface area contributed by atoms with Crippen molar-refractivity contribution in [1.82, 2.24) is 15.4 Å². The topological polar surface area (TPSA) is 75.4 Å². The lowest BCUT2D eigenvalue weighted by Gasteiger charge is -2.38. The Kier molecular flexibility index (Phi) is 4.42. The van der Waals surface area contributed by atoms with Crippen molar-refractivity contribution in [3.63, 3.8) is 0 Å². The summed E-state index contributed by atoms with van der Waals surface area (Å²) in [5.41, 5.74) is 0.662. The second kappa shape index (κ2) is 6.07. The smallest absolute Gasteiger partial charge is 0.246 e. The molecule has 1 aliphatic heterocycles. The Morgan fingerprint density at radius 1 is 1.45 bits per heavy atom. The van der Waals surface area contributed by atoms with E-state index in [0.717, 1.165) is 0 Å². The summed E-state index contributed by atoms with van der Waals surface area (Å²) in [4.78, 5) is 26.3. The van der Waals surface area contributed by atoms with Crippen LogP contribution in [0, 0.1) is 5.92 Å². The molecule has 2 rings (SSSR count). The first kappa shape index (κ1) is 14.6. The summed E-state index contributed by atoms with van der Waals surface area (Å²) < 4.78 is 4.79. The minimum absolute atomic E-state index is 0.0341. The molecule has 2 heterocycles. The second-order valence-corrected chi connectivity index (χ2v) is 5.57. The fourth-order valence-electron chi connectivity index (χ4n) is 2.54. The molecular formula is C14H21N3O3. The maximum Gasteiger partial charge on any atom is 0.246 e. The molecule has 2 atom stereocenters. The molecule has 6 nitrogen and oxygen atoms in total. The van der Waals surface area contributed by atoms with Gasteiger partial charge in [-0.3, -0.25) is 9.59 Å². The van der Waals surface area contributed by atoms with Gasteiger partial charge in [-0.05, 0) is 18.8 Å². The maximum absolute atomic E-state index is 12.6. The zero-order valence-electron chi connectivity index (χ0n) is 12.1. The molecular weight excluding hydrogens is 258 g/mol. The molecule has 110 valence electrons. The number of hydrogen-bond acceptors (Lipinski definition) is 4. The Bertz CT molecular complexity index is 470. The van der Waals surface area contributed by atoms with Crippen LogP contribution >= 0.6 is 0 Å². The lowest BCUT2D eigenvalue weighted by atomic mass is 9.97. The van der Waals surface area contributed by atoms with E-state index in [1.54, 1.807) is 11.0 Å². The molecule has 1 saturated heterocycles. The summed E-state index contributed by atoms with van der Waals surface area (Å²) in [5, 5.41) is 6.66. The average Bonchev–Trinajstić information content (AvgIpc) is 2.88. The maximum atomic E-state index is 12.6. The van der Waals surface area contributed by atoms with Crippen molar-refractivity contribution in [2.45, 2.75) is 52.2 Å². The Hall–Kier alpha value is -1.85. The van der Waals surface area contributed by atoms with Gasteiger partial charge in [-0.2, -0.15) is 0 Å². The number of nitrogens with zero attached hydrogens (tertiary/aromatic N) is 2. The average molecular weight is 279 g/mol. The molecule has 1 aliphatic rings. The zero-order chi connectivity index (χ0) is 14.7. The van der Waals surface area contributed by atoms with Crippen LogP contribution in [0.5, 0.6) is 0 Å². The van der Waals surface area contributed by atoms with Gasteiger partial charge in [0.05, 0.1) is 6.54 Å². The van der Waals surface area contributed by atoms with Gasteiger partial charge in [-0.25, -0.2) is 0 Å². The highest BCUT2D eigenvalue weighted by Crippen LogP contribution is 2.19. The third-order valence-electron chi connectivity index (χ3n) is 3.49. The van der Waals surface area contributed by atoms with E-state index in [-0.39, 0.29) is 11.8 Å². The summed E-state index contributed by atoms with van der Waals surface area (Å²) in [6, 6.07) is 0.851. The fraction of sp³-hybridized carbons (Fsp3) is 0.643. The van der Waals surface area contributed by atoms with E-state index in [1.165, 1.54) is 6.26 Å². The summed E-state index contributed by atoms with van der Waals surface area (Å²) >= 11 is 0. The van der Waals surface area contributed by atoms with Crippen LogP contribution in [0.25, 0.3) is 0 Å². The monoisotopic (exact) mass is 279 g/mol. The lowest BCUT2D eigenvalue weighted by Crippen LogP contribution is -2.63. The van der Waals surface area contributed by atoms with Crippen molar-refractivity contribution in [2.75, 3.05) is 0 Å². The molecule has 1 fully saturated rings. The molecule has 1 aromatic rings. The molecule has 2 amide bonds. The van der Waals surface area contributed by atoms with E-state index < -0.39 is 12.1 Å². The van der Waals surface area contributed by atoms with Crippen molar-refractivity contribution < 1.29 is 14.1 Å². The van der Waals surface area contributed by atoms with Gasteiger partial charge in [0.25, 0.3) is 0 Å².